The summed E-state index contributed by atoms with van der Waals surface area (Å²) in [6, 6.07) is -0.480. The van der Waals surface area contributed by atoms with Crippen molar-refractivity contribution in [1.82, 2.24) is 4.90 Å². The average Bonchev–Trinajstić information content (AvgIpc) is 2.96. The molecule has 0 aromatic rings. The number of carbonyl (C=O) groups excluding carboxylic acids is 1. The molecule has 1 unspecified atom stereocenters. The van der Waals surface area contributed by atoms with Crippen LogP contribution in [0, 0.1) is 5.92 Å². The Morgan fingerprint density at radius 3 is 2.29 bits per heavy atom. The van der Waals surface area contributed by atoms with Crippen molar-refractivity contribution in [2.45, 2.75) is 64.0 Å². The molecule has 0 heterocycles. The predicted molar refractivity (Wildman–Crippen MR) is 63.5 cm³/mol. The Bertz CT molecular complexity index is 306. The van der Waals surface area contributed by atoms with Crippen molar-refractivity contribution >= 4 is 11.9 Å². The summed E-state index contributed by atoms with van der Waals surface area (Å²) in [6.45, 7) is 1.62. The van der Waals surface area contributed by atoms with Gasteiger partial charge in [0.1, 0.15) is 6.04 Å². The first-order chi connectivity index (χ1) is 8.09. The summed E-state index contributed by atoms with van der Waals surface area (Å²) in [6.07, 6.45) is 7.18. The molecule has 0 bridgehead atoms. The van der Waals surface area contributed by atoms with Crippen LogP contribution < -0.4 is 0 Å². The Labute approximate surface area is 102 Å². The van der Waals surface area contributed by atoms with E-state index < -0.39 is 12.0 Å². The van der Waals surface area contributed by atoms with Crippen molar-refractivity contribution in [3.63, 3.8) is 0 Å². The molecule has 1 atom stereocenters. The van der Waals surface area contributed by atoms with Gasteiger partial charge >= 0.3 is 5.97 Å². The van der Waals surface area contributed by atoms with E-state index in [1.807, 2.05) is 0 Å². The fourth-order valence-electron chi connectivity index (χ4n) is 2.77. The van der Waals surface area contributed by atoms with Gasteiger partial charge in [-0.15, -0.1) is 0 Å². The van der Waals surface area contributed by atoms with Crippen LogP contribution in [0.1, 0.15) is 51.9 Å². The number of carbonyl (C=O) groups is 2. The van der Waals surface area contributed by atoms with Crippen LogP contribution in [-0.2, 0) is 9.59 Å². The standard InChI is InChI=1S/C13H21NO3/c1-9(13(16)17)14(11-6-7-11)12(15)8-10-4-2-3-5-10/h9-11H,2-8H2,1H3,(H,16,17). The number of hydrogen-bond acceptors (Lipinski definition) is 2. The quantitative estimate of drug-likeness (QED) is 0.798. The van der Waals surface area contributed by atoms with Crippen molar-refractivity contribution in [3.05, 3.63) is 0 Å². The maximum absolute atomic E-state index is 12.2. The van der Waals surface area contributed by atoms with Crippen molar-refractivity contribution in [3.8, 4) is 0 Å². The zero-order valence-corrected chi connectivity index (χ0v) is 10.4. The second kappa shape index (κ2) is 5.07. The Morgan fingerprint density at radius 1 is 1.24 bits per heavy atom. The molecule has 2 saturated carbocycles. The molecule has 0 spiro atoms. The highest BCUT2D eigenvalue weighted by Gasteiger charge is 2.38. The number of rotatable bonds is 5. The summed E-state index contributed by atoms with van der Waals surface area (Å²) in [7, 11) is 0. The van der Waals surface area contributed by atoms with Gasteiger partial charge in [0.05, 0.1) is 0 Å². The summed E-state index contributed by atoms with van der Waals surface area (Å²) >= 11 is 0. The number of hydrogen-bond donors (Lipinski definition) is 1. The molecule has 0 aromatic carbocycles. The van der Waals surface area contributed by atoms with E-state index in [1.165, 1.54) is 12.8 Å². The highest BCUT2D eigenvalue weighted by molar-refractivity contribution is 5.84. The summed E-state index contributed by atoms with van der Waals surface area (Å²) in [5, 5.41) is 9.04. The second-order valence-electron chi connectivity index (χ2n) is 5.40. The highest BCUT2D eigenvalue weighted by atomic mass is 16.4. The minimum atomic E-state index is -0.892. The molecule has 4 nitrogen and oxygen atoms in total. The zero-order valence-electron chi connectivity index (χ0n) is 10.4. The van der Waals surface area contributed by atoms with Crippen molar-refractivity contribution in [2.75, 3.05) is 0 Å². The van der Waals surface area contributed by atoms with Gasteiger partial charge in [0.25, 0.3) is 0 Å². The molecule has 96 valence electrons. The van der Waals surface area contributed by atoms with Crippen molar-refractivity contribution < 1.29 is 14.7 Å². The smallest absolute Gasteiger partial charge is 0.326 e. The van der Waals surface area contributed by atoms with Crippen LogP contribution in [0.25, 0.3) is 0 Å². The number of carboxylic acid groups (broad SMARTS) is 1. The Hall–Kier alpha value is -1.06. The van der Waals surface area contributed by atoms with Crippen LogP contribution in [0.4, 0.5) is 0 Å². The average molecular weight is 239 g/mol. The first-order valence-corrected chi connectivity index (χ1v) is 6.63. The summed E-state index contributed by atoms with van der Waals surface area (Å²) in [5.41, 5.74) is 0. The third kappa shape index (κ3) is 2.99. The summed E-state index contributed by atoms with van der Waals surface area (Å²) < 4.78 is 0. The van der Waals surface area contributed by atoms with Crippen LogP contribution in [0.3, 0.4) is 0 Å². The van der Waals surface area contributed by atoms with Gasteiger partial charge in [0, 0.05) is 12.5 Å². The van der Waals surface area contributed by atoms with Gasteiger partial charge in [0.15, 0.2) is 0 Å². The van der Waals surface area contributed by atoms with Gasteiger partial charge in [-0.3, -0.25) is 4.79 Å². The van der Waals surface area contributed by atoms with Crippen LogP contribution >= 0.6 is 0 Å². The molecule has 0 aliphatic heterocycles. The van der Waals surface area contributed by atoms with Crippen LogP contribution in [0.15, 0.2) is 0 Å². The topological polar surface area (TPSA) is 57.6 Å². The maximum atomic E-state index is 12.2. The fourth-order valence-corrected chi connectivity index (χ4v) is 2.77. The maximum Gasteiger partial charge on any atom is 0.326 e. The van der Waals surface area contributed by atoms with Crippen LogP contribution in [-0.4, -0.2) is 34.0 Å². The molecule has 1 amide bonds. The molecule has 4 heteroatoms. The first-order valence-electron chi connectivity index (χ1n) is 6.63. The van der Waals surface area contributed by atoms with Gasteiger partial charge in [-0.1, -0.05) is 12.8 Å². The lowest BCUT2D eigenvalue weighted by Gasteiger charge is -2.27. The number of carboxylic acids is 1. The van der Waals surface area contributed by atoms with E-state index in [-0.39, 0.29) is 11.9 Å². The lowest BCUT2D eigenvalue weighted by molar-refractivity contribution is -0.150. The van der Waals surface area contributed by atoms with Gasteiger partial charge in [-0.05, 0) is 38.5 Å². The molecule has 2 aliphatic carbocycles. The Morgan fingerprint density at radius 2 is 1.82 bits per heavy atom. The molecular weight excluding hydrogens is 218 g/mol. The van der Waals surface area contributed by atoms with Gasteiger partial charge < -0.3 is 10.0 Å². The number of nitrogens with zero attached hydrogens (tertiary/aromatic N) is 1. The molecule has 2 aliphatic rings. The van der Waals surface area contributed by atoms with Crippen LogP contribution in [0.5, 0.6) is 0 Å². The van der Waals surface area contributed by atoms with E-state index in [9.17, 15) is 9.59 Å². The molecule has 0 radical (unpaired) electrons. The Kier molecular flexibility index (Phi) is 3.69. The highest BCUT2D eigenvalue weighted by Crippen LogP contribution is 2.33. The third-order valence-corrected chi connectivity index (χ3v) is 3.94. The van der Waals surface area contributed by atoms with E-state index in [4.69, 9.17) is 5.11 Å². The minimum absolute atomic E-state index is 0.0503. The zero-order chi connectivity index (χ0) is 12.4. The van der Waals surface area contributed by atoms with Crippen LogP contribution in [0.2, 0.25) is 0 Å². The Balaban J connectivity index is 1.94. The largest absolute Gasteiger partial charge is 0.480 e. The number of aliphatic carboxylic acids is 1. The lowest BCUT2D eigenvalue weighted by atomic mass is 10.0. The van der Waals surface area contributed by atoms with E-state index >= 15 is 0 Å². The monoisotopic (exact) mass is 239 g/mol. The van der Waals surface area contributed by atoms with E-state index in [2.05, 4.69) is 0 Å². The van der Waals surface area contributed by atoms with Crippen molar-refractivity contribution in [2.24, 2.45) is 5.92 Å². The van der Waals surface area contributed by atoms with E-state index in [1.54, 1.807) is 11.8 Å². The summed E-state index contributed by atoms with van der Waals surface area (Å²) in [4.78, 5) is 24.8. The predicted octanol–water partition coefficient (Wildman–Crippen LogP) is 2.03. The normalized spacial score (nSPS) is 22.4. The molecule has 0 aromatic heterocycles. The van der Waals surface area contributed by atoms with E-state index in [0.29, 0.717) is 12.3 Å². The van der Waals surface area contributed by atoms with Gasteiger partial charge in [-0.25, -0.2) is 4.79 Å². The van der Waals surface area contributed by atoms with Crippen molar-refractivity contribution in [1.29, 1.82) is 0 Å². The first kappa shape index (κ1) is 12.4. The lowest BCUT2D eigenvalue weighted by Crippen LogP contribution is -2.45. The SMILES string of the molecule is CC(C(=O)O)N(C(=O)CC1CCCC1)C1CC1. The molecule has 0 saturated heterocycles. The van der Waals surface area contributed by atoms with Gasteiger partial charge in [0.2, 0.25) is 5.91 Å². The molecular formula is C13H21NO3. The third-order valence-electron chi connectivity index (χ3n) is 3.94. The minimum Gasteiger partial charge on any atom is -0.480 e. The second-order valence-corrected chi connectivity index (χ2v) is 5.40. The van der Waals surface area contributed by atoms with E-state index in [0.717, 1.165) is 25.7 Å². The fraction of sp³-hybridized carbons (Fsp3) is 0.846. The molecule has 1 N–H and O–H groups in total. The summed E-state index contributed by atoms with van der Waals surface area (Å²) in [5.74, 6) is -0.351. The molecule has 2 rings (SSSR count). The number of amides is 1. The molecule has 2 fully saturated rings. The molecule has 17 heavy (non-hydrogen) atoms. The van der Waals surface area contributed by atoms with Gasteiger partial charge in [-0.2, -0.15) is 0 Å².